The number of hydrogen-bond acceptors (Lipinski definition) is 1. The van der Waals surface area contributed by atoms with Gasteiger partial charge in [-0.05, 0) is 62.1 Å². The Hall–Kier alpha value is -2.41. The molecule has 0 aromatic heterocycles. The Labute approximate surface area is 145 Å². The number of aliphatic imine (C=N–C) groups is 1. The Morgan fingerprint density at radius 3 is 2.08 bits per heavy atom. The molecular weight excluding hydrogens is 290 g/mol. The first-order valence-electron chi connectivity index (χ1n) is 8.59. The van der Waals surface area contributed by atoms with Gasteiger partial charge in [0.05, 0.1) is 5.69 Å². The minimum Gasteiger partial charge on any atom is -0.253 e. The molecule has 1 heteroatoms. The fraction of sp³-hybridized carbons (Fsp3) is 0.261. The molecule has 0 N–H and O–H groups in total. The van der Waals surface area contributed by atoms with Crippen molar-refractivity contribution in [1.29, 1.82) is 0 Å². The maximum absolute atomic E-state index is 4.83. The summed E-state index contributed by atoms with van der Waals surface area (Å²) >= 11 is 0. The van der Waals surface area contributed by atoms with E-state index in [0.29, 0.717) is 5.92 Å². The van der Waals surface area contributed by atoms with Gasteiger partial charge in [0.1, 0.15) is 0 Å². The van der Waals surface area contributed by atoms with E-state index in [1.54, 1.807) is 0 Å². The molecule has 1 aliphatic rings. The van der Waals surface area contributed by atoms with E-state index in [1.807, 2.05) is 30.3 Å². The first-order chi connectivity index (χ1) is 11.5. The van der Waals surface area contributed by atoms with Crippen LogP contribution in [0.15, 0.2) is 76.3 Å². The van der Waals surface area contributed by atoms with E-state index in [2.05, 4.69) is 58.9 Å². The standard InChI is InChI=1S/C23H25N/c1-15-16(2)18(4)23(17(15)3)22-14-10-9-13-21(22)19(5)24-20-11-7-6-8-12-20/h6-14,17H,1-5H3/b24-19+. The van der Waals surface area contributed by atoms with Gasteiger partial charge in [0.15, 0.2) is 0 Å². The summed E-state index contributed by atoms with van der Waals surface area (Å²) in [6.07, 6.45) is 0. The second-order valence-electron chi connectivity index (χ2n) is 6.65. The maximum atomic E-state index is 4.83. The van der Waals surface area contributed by atoms with E-state index in [-0.39, 0.29) is 0 Å². The number of rotatable bonds is 3. The number of benzene rings is 2. The third-order valence-electron chi connectivity index (χ3n) is 5.30. The molecule has 1 atom stereocenters. The van der Waals surface area contributed by atoms with Gasteiger partial charge in [-0.3, -0.25) is 4.99 Å². The van der Waals surface area contributed by atoms with Crippen molar-refractivity contribution in [3.8, 4) is 0 Å². The Kier molecular flexibility index (Phi) is 4.53. The van der Waals surface area contributed by atoms with Crippen LogP contribution in [0.25, 0.3) is 5.57 Å². The van der Waals surface area contributed by atoms with Crippen molar-refractivity contribution < 1.29 is 0 Å². The van der Waals surface area contributed by atoms with Crippen molar-refractivity contribution in [2.45, 2.75) is 34.6 Å². The van der Waals surface area contributed by atoms with Crippen LogP contribution in [0.3, 0.4) is 0 Å². The zero-order valence-electron chi connectivity index (χ0n) is 15.2. The van der Waals surface area contributed by atoms with Crippen LogP contribution in [0.5, 0.6) is 0 Å². The van der Waals surface area contributed by atoms with Crippen LogP contribution in [0.2, 0.25) is 0 Å². The van der Waals surface area contributed by atoms with Gasteiger partial charge in [0, 0.05) is 17.2 Å². The Balaban J connectivity index is 2.09. The second kappa shape index (κ2) is 6.60. The van der Waals surface area contributed by atoms with Gasteiger partial charge in [-0.25, -0.2) is 0 Å². The third-order valence-corrected chi connectivity index (χ3v) is 5.30. The van der Waals surface area contributed by atoms with E-state index in [0.717, 1.165) is 11.4 Å². The van der Waals surface area contributed by atoms with Crippen molar-refractivity contribution in [1.82, 2.24) is 0 Å². The van der Waals surface area contributed by atoms with Crippen LogP contribution in [0, 0.1) is 5.92 Å². The molecule has 0 bridgehead atoms. The van der Waals surface area contributed by atoms with Gasteiger partial charge in [-0.15, -0.1) is 0 Å². The molecule has 3 rings (SSSR count). The van der Waals surface area contributed by atoms with E-state index in [4.69, 9.17) is 4.99 Å². The van der Waals surface area contributed by atoms with Gasteiger partial charge in [-0.2, -0.15) is 0 Å². The largest absolute Gasteiger partial charge is 0.253 e. The highest BCUT2D eigenvalue weighted by Crippen LogP contribution is 2.43. The van der Waals surface area contributed by atoms with E-state index >= 15 is 0 Å². The summed E-state index contributed by atoms with van der Waals surface area (Å²) < 4.78 is 0. The number of para-hydroxylation sites is 1. The molecule has 0 saturated heterocycles. The Morgan fingerprint density at radius 2 is 1.46 bits per heavy atom. The molecule has 0 heterocycles. The quantitative estimate of drug-likeness (QED) is 0.567. The molecule has 1 unspecified atom stereocenters. The molecule has 2 aromatic rings. The van der Waals surface area contributed by atoms with Crippen LogP contribution in [0.1, 0.15) is 45.7 Å². The fourth-order valence-electron chi connectivity index (χ4n) is 3.59. The van der Waals surface area contributed by atoms with Gasteiger partial charge in [0.25, 0.3) is 0 Å². The lowest BCUT2D eigenvalue weighted by molar-refractivity contribution is 0.894. The molecule has 0 saturated carbocycles. The first kappa shape index (κ1) is 16.4. The monoisotopic (exact) mass is 315 g/mol. The average Bonchev–Trinajstić information content (AvgIpc) is 2.79. The molecule has 122 valence electrons. The van der Waals surface area contributed by atoms with Crippen molar-refractivity contribution in [2.75, 3.05) is 0 Å². The number of hydrogen-bond donors (Lipinski definition) is 0. The average molecular weight is 315 g/mol. The fourth-order valence-corrected chi connectivity index (χ4v) is 3.59. The minimum absolute atomic E-state index is 0.468. The van der Waals surface area contributed by atoms with E-state index in [9.17, 15) is 0 Å². The second-order valence-corrected chi connectivity index (χ2v) is 6.65. The minimum atomic E-state index is 0.468. The first-order valence-corrected chi connectivity index (χ1v) is 8.59. The maximum Gasteiger partial charge on any atom is 0.0633 e. The summed E-state index contributed by atoms with van der Waals surface area (Å²) in [5.41, 5.74) is 10.4. The predicted molar refractivity (Wildman–Crippen MR) is 105 cm³/mol. The molecule has 0 radical (unpaired) electrons. The van der Waals surface area contributed by atoms with Crippen LogP contribution in [-0.2, 0) is 0 Å². The summed E-state index contributed by atoms with van der Waals surface area (Å²) in [5, 5.41) is 0. The summed E-state index contributed by atoms with van der Waals surface area (Å²) in [7, 11) is 0. The van der Waals surface area contributed by atoms with Gasteiger partial charge in [-0.1, -0.05) is 55.0 Å². The van der Waals surface area contributed by atoms with E-state index in [1.165, 1.54) is 33.4 Å². The molecule has 0 fully saturated rings. The van der Waals surface area contributed by atoms with Gasteiger partial charge >= 0.3 is 0 Å². The van der Waals surface area contributed by atoms with Crippen molar-refractivity contribution >= 4 is 17.0 Å². The van der Waals surface area contributed by atoms with Gasteiger partial charge < -0.3 is 0 Å². The van der Waals surface area contributed by atoms with Crippen molar-refractivity contribution in [3.63, 3.8) is 0 Å². The molecule has 1 aliphatic carbocycles. The summed E-state index contributed by atoms with van der Waals surface area (Å²) in [6, 6.07) is 18.8. The molecule has 24 heavy (non-hydrogen) atoms. The van der Waals surface area contributed by atoms with Crippen molar-refractivity contribution in [2.24, 2.45) is 10.9 Å². The lowest BCUT2D eigenvalue weighted by Crippen LogP contribution is -2.04. The van der Waals surface area contributed by atoms with Crippen LogP contribution in [0.4, 0.5) is 5.69 Å². The zero-order chi connectivity index (χ0) is 17.3. The number of allylic oxidation sites excluding steroid dienone is 4. The highest BCUT2D eigenvalue weighted by molar-refractivity contribution is 6.05. The Morgan fingerprint density at radius 1 is 0.833 bits per heavy atom. The molecule has 2 aromatic carbocycles. The molecule has 0 aliphatic heterocycles. The van der Waals surface area contributed by atoms with Crippen LogP contribution in [-0.4, -0.2) is 5.71 Å². The van der Waals surface area contributed by atoms with Crippen LogP contribution < -0.4 is 0 Å². The van der Waals surface area contributed by atoms with Crippen LogP contribution >= 0.6 is 0 Å². The van der Waals surface area contributed by atoms with E-state index < -0.39 is 0 Å². The topological polar surface area (TPSA) is 12.4 Å². The molecular formula is C23H25N. The molecule has 0 spiro atoms. The highest BCUT2D eigenvalue weighted by atomic mass is 14.7. The highest BCUT2D eigenvalue weighted by Gasteiger charge is 2.26. The summed E-state index contributed by atoms with van der Waals surface area (Å²) in [4.78, 5) is 4.83. The lowest BCUT2D eigenvalue weighted by Gasteiger charge is -2.17. The number of nitrogens with zero attached hydrogens (tertiary/aromatic N) is 1. The Bertz CT molecular complexity index is 851. The summed E-state index contributed by atoms with van der Waals surface area (Å²) in [6.45, 7) is 11.2. The lowest BCUT2D eigenvalue weighted by atomic mass is 9.88. The third kappa shape index (κ3) is 2.87. The molecule has 1 nitrogen and oxygen atoms in total. The normalized spacial score (nSPS) is 18.5. The SMILES string of the molecule is CC1=C(C)C(C)C(c2ccccc2/C(C)=N/c2ccccc2)=C1C. The zero-order valence-corrected chi connectivity index (χ0v) is 15.2. The van der Waals surface area contributed by atoms with Gasteiger partial charge in [0.2, 0.25) is 0 Å². The van der Waals surface area contributed by atoms with Crippen molar-refractivity contribution in [3.05, 3.63) is 82.4 Å². The summed E-state index contributed by atoms with van der Waals surface area (Å²) in [5.74, 6) is 0.468. The predicted octanol–water partition coefficient (Wildman–Crippen LogP) is 6.59. The molecule has 0 amide bonds. The smallest absolute Gasteiger partial charge is 0.0633 e.